The van der Waals surface area contributed by atoms with Crippen LogP contribution in [0, 0.1) is 0 Å². The summed E-state index contributed by atoms with van der Waals surface area (Å²) in [6.45, 7) is 1.58. The average molecular weight is 262 g/mol. The fourth-order valence-corrected chi connectivity index (χ4v) is 2.16. The lowest BCUT2D eigenvalue weighted by atomic mass is 10.3. The van der Waals surface area contributed by atoms with Gasteiger partial charge in [-0.25, -0.2) is 0 Å². The highest BCUT2D eigenvalue weighted by molar-refractivity contribution is 5.92. The molecule has 1 aliphatic rings. The van der Waals surface area contributed by atoms with Crippen molar-refractivity contribution in [2.75, 3.05) is 25.0 Å². The van der Waals surface area contributed by atoms with Crippen LogP contribution < -0.4 is 5.32 Å². The van der Waals surface area contributed by atoms with Crippen molar-refractivity contribution in [1.82, 2.24) is 4.90 Å². The van der Waals surface area contributed by atoms with Gasteiger partial charge in [0.05, 0.1) is 6.54 Å². The number of aliphatic hydroxyl groups excluding tert-OH is 1. The summed E-state index contributed by atoms with van der Waals surface area (Å²) in [4.78, 5) is 14.2. The van der Waals surface area contributed by atoms with Gasteiger partial charge in [-0.2, -0.15) is 0 Å². The summed E-state index contributed by atoms with van der Waals surface area (Å²) in [5.41, 5.74) is 0.846. The minimum absolute atomic E-state index is 0.0436. The third-order valence-corrected chi connectivity index (χ3v) is 3.32. The molecule has 1 saturated carbocycles. The van der Waals surface area contributed by atoms with Crippen molar-refractivity contribution >= 4 is 11.6 Å². The Bertz CT molecular complexity index is 390. The topological polar surface area (TPSA) is 52.6 Å². The lowest BCUT2D eigenvalue weighted by molar-refractivity contribution is -0.117. The van der Waals surface area contributed by atoms with Gasteiger partial charge in [-0.1, -0.05) is 18.2 Å². The quantitative estimate of drug-likeness (QED) is 0.703. The third-order valence-electron chi connectivity index (χ3n) is 3.32. The maximum Gasteiger partial charge on any atom is 0.238 e. The lowest BCUT2D eigenvalue weighted by Crippen LogP contribution is -2.35. The molecule has 1 aromatic carbocycles. The normalized spacial score (nSPS) is 14.6. The van der Waals surface area contributed by atoms with E-state index in [0.29, 0.717) is 12.6 Å². The van der Waals surface area contributed by atoms with Crippen LogP contribution in [0.4, 0.5) is 5.69 Å². The highest BCUT2D eigenvalue weighted by atomic mass is 16.2. The number of carbonyl (C=O) groups excluding carboxylic acids is 1. The van der Waals surface area contributed by atoms with Crippen LogP contribution in [0.3, 0.4) is 0 Å². The summed E-state index contributed by atoms with van der Waals surface area (Å²) < 4.78 is 0. The molecular formula is C15H22N2O2. The van der Waals surface area contributed by atoms with Crippen LogP contribution in [0.25, 0.3) is 0 Å². The van der Waals surface area contributed by atoms with E-state index in [1.54, 1.807) is 0 Å². The number of aliphatic hydroxyl groups is 1. The minimum atomic E-state index is 0.0436. The number of anilines is 1. The Balaban J connectivity index is 1.78. The van der Waals surface area contributed by atoms with Gasteiger partial charge in [-0.05, 0) is 44.4 Å². The number of amides is 1. The van der Waals surface area contributed by atoms with Gasteiger partial charge in [0.25, 0.3) is 0 Å². The van der Waals surface area contributed by atoms with Crippen molar-refractivity contribution in [3.63, 3.8) is 0 Å². The highest BCUT2D eigenvalue weighted by Crippen LogP contribution is 2.26. The SMILES string of the molecule is O=C(CN(CCCCO)C1CC1)Nc1ccccc1. The molecule has 0 aromatic heterocycles. The third kappa shape index (κ3) is 5.01. The molecule has 1 aromatic rings. The molecule has 0 radical (unpaired) electrons. The zero-order valence-corrected chi connectivity index (χ0v) is 11.2. The maximum atomic E-state index is 12.0. The van der Waals surface area contributed by atoms with Crippen LogP contribution in [0.2, 0.25) is 0 Å². The summed E-state index contributed by atoms with van der Waals surface area (Å²) in [6, 6.07) is 10.1. The van der Waals surface area contributed by atoms with E-state index in [1.165, 1.54) is 12.8 Å². The van der Waals surface area contributed by atoms with Gasteiger partial charge >= 0.3 is 0 Å². The van der Waals surface area contributed by atoms with Crippen molar-refractivity contribution in [2.24, 2.45) is 0 Å². The summed E-state index contributed by atoms with van der Waals surface area (Å²) >= 11 is 0. The summed E-state index contributed by atoms with van der Waals surface area (Å²) in [6.07, 6.45) is 4.14. The Morgan fingerprint density at radius 1 is 1.26 bits per heavy atom. The molecule has 0 unspecified atom stereocenters. The molecule has 0 heterocycles. The maximum absolute atomic E-state index is 12.0. The van der Waals surface area contributed by atoms with Gasteiger partial charge in [-0.15, -0.1) is 0 Å². The van der Waals surface area contributed by atoms with Crippen molar-refractivity contribution < 1.29 is 9.90 Å². The number of hydrogen-bond donors (Lipinski definition) is 2. The Morgan fingerprint density at radius 3 is 2.63 bits per heavy atom. The average Bonchev–Trinajstić information content (AvgIpc) is 3.23. The van der Waals surface area contributed by atoms with E-state index in [1.807, 2.05) is 30.3 Å². The highest BCUT2D eigenvalue weighted by Gasteiger charge is 2.29. The second-order valence-electron chi connectivity index (χ2n) is 5.05. The first-order valence-electron chi connectivity index (χ1n) is 6.99. The molecular weight excluding hydrogens is 240 g/mol. The number of nitrogens with zero attached hydrogens (tertiary/aromatic N) is 1. The molecule has 2 N–H and O–H groups in total. The number of hydrogen-bond acceptors (Lipinski definition) is 3. The zero-order chi connectivity index (χ0) is 13.5. The number of para-hydroxylation sites is 1. The van der Waals surface area contributed by atoms with Crippen LogP contribution in [-0.4, -0.2) is 41.7 Å². The van der Waals surface area contributed by atoms with Gasteiger partial charge in [0, 0.05) is 18.3 Å². The second kappa shape index (κ2) is 7.26. The number of rotatable bonds is 8. The van der Waals surface area contributed by atoms with Gasteiger partial charge in [0.15, 0.2) is 0 Å². The zero-order valence-electron chi connectivity index (χ0n) is 11.2. The van der Waals surface area contributed by atoms with E-state index >= 15 is 0 Å². The van der Waals surface area contributed by atoms with E-state index in [9.17, 15) is 4.79 Å². The van der Waals surface area contributed by atoms with E-state index in [2.05, 4.69) is 10.2 Å². The number of nitrogens with one attached hydrogen (secondary N) is 1. The van der Waals surface area contributed by atoms with Crippen molar-refractivity contribution in [2.45, 2.75) is 31.7 Å². The Morgan fingerprint density at radius 2 is 2.00 bits per heavy atom. The van der Waals surface area contributed by atoms with E-state index in [-0.39, 0.29) is 12.5 Å². The molecule has 1 aliphatic carbocycles. The van der Waals surface area contributed by atoms with Crippen LogP contribution >= 0.6 is 0 Å². The smallest absolute Gasteiger partial charge is 0.238 e. The number of carbonyl (C=O) groups is 1. The Hall–Kier alpha value is -1.39. The molecule has 0 aliphatic heterocycles. The molecule has 19 heavy (non-hydrogen) atoms. The monoisotopic (exact) mass is 262 g/mol. The van der Waals surface area contributed by atoms with E-state index in [4.69, 9.17) is 5.11 Å². The van der Waals surface area contributed by atoms with E-state index in [0.717, 1.165) is 25.1 Å². The first kappa shape index (κ1) is 14.0. The molecule has 2 rings (SSSR count). The van der Waals surface area contributed by atoms with Gasteiger partial charge < -0.3 is 10.4 Å². The molecule has 4 nitrogen and oxygen atoms in total. The Kier molecular flexibility index (Phi) is 5.36. The first-order valence-corrected chi connectivity index (χ1v) is 6.99. The molecule has 4 heteroatoms. The van der Waals surface area contributed by atoms with Crippen LogP contribution in [0.5, 0.6) is 0 Å². The molecule has 1 amide bonds. The van der Waals surface area contributed by atoms with E-state index < -0.39 is 0 Å². The summed E-state index contributed by atoms with van der Waals surface area (Å²) in [5.74, 6) is 0.0436. The Labute approximate surface area is 114 Å². The molecule has 0 atom stereocenters. The van der Waals surface area contributed by atoms with Crippen molar-refractivity contribution in [1.29, 1.82) is 0 Å². The van der Waals surface area contributed by atoms with Crippen molar-refractivity contribution in [3.8, 4) is 0 Å². The summed E-state index contributed by atoms with van der Waals surface area (Å²) in [5, 5.41) is 11.7. The molecule has 0 bridgehead atoms. The predicted octanol–water partition coefficient (Wildman–Crippen LogP) is 1.86. The largest absolute Gasteiger partial charge is 0.396 e. The minimum Gasteiger partial charge on any atom is -0.396 e. The fourth-order valence-electron chi connectivity index (χ4n) is 2.16. The number of unbranched alkanes of at least 4 members (excludes halogenated alkanes) is 1. The number of benzene rings is 1. The lowest BCUT2D eigenvalue weighted by Gasteiger charge is -2.21. The van der Waals surface area contributed by atoms with Crippen LogP contribution in [0.1, 0.15) is 25.7 Å². The molecule has 1 fully saturated rings. The molecule has 104 valence electrons. The van der Waals surface area contributed by atoms with Gasteiger partial charge in [-0.3, -0.25) is 9.69 Å². The predicted molar refractivity (Wildman–Crippen MR) is 76.0 cm³/mol. The van der Waals surface area contributed by atoms with Crippen LogP contribution in [-0.2, 0) is 4.79 Å². The standard InChI is InChI=1S/C15H22N2O2/c18-11-5-4-10-17(14-8-9-14)12-15(19)16-13-6-2-1-3-7-13/h1-3,6-7,14,18H,4-5,8-12H2,(H,16,19). The van der Waals surface area contributed by atoms with Gasteiger partial charge in [0.2, 0.25) is 5.91 Å². The summed E-state index contributed by atoms with van der Waals surface area (Å²) in [7, 11) is 0. The second-order valence-corrected chi connectivity index (χ2v) is 5.05. The van der Waals surface area contributed by atoms with Crippen molar-refractivity contribution in [3.05, 3.63) is 30.3 Å². The molecule has 0 saturated heterocycles. The van der Waals surface area contributed by atoms with Gasteiger partial charge in [0.1, 0.15) is 0 Å². The molecule has 0 spiro atoms. The fraction of sp³-hybridized carbons (Fsp3) is 0.533. The first-order chi connectivity index (χ1) is 9.29. The van der Waals surface area contributed by atoms with Crippen LogP contribution in [0.15, 0.2) is 30.3 Å².